The number of alkyl halides is 3. The van der Waals surface area contributed by atoms with Crippen molar-refractivity contribution in [1.29, 1.82) is 5.26 Å². The van der Waals surface area contributed by atoms with Crippen molar-refractivity contribution >= 4 is 28.5 Å². The Morgan fingerprint density at radius 3 is 2.60 bits per heavy atom. The van der Waals surface area contributed by atoms with Crippen LogP contribution >= 0.6 is 11.3 Å². The van der Waals surface area contributed by atoms with Gasteiger partial charge in [-0.3, -0.25) is 10.1 Å². The molecule has 1 amide bonds. The minimum atomic E-state index is -4.62. The third-order valence-electron chi connectivity index (χ3n) is 4.61. The van der Waals surface area contributed by atoms with Gasteiger partial charge in [-0.25, -0.2) is 4.39 Å². The van der Waals surface area contributed by atoms with Crippen LogP contribution in [-0.4, -0.2) is 23.2 Å². The number of carbonyl (C=O) groups is 1. The van der Waals surface area contributed by atoms with Gasteiger partial charge in [-0.1, -0.05) is 24.3 Å². The van der Waals surface area contributed by atoms with Crippen LogP contribution in [0.5, 0.6) is 11.5 Å². The zero-order chi connectivity index (χ0) is 25.6. The molecule has 0 aliphatic rings. The van der Waals surface area contributed by atoms with Crippen molar-refractivity contribution in [1.82, 2.24) is 10.2 Å². The molecule has 0 fully saturated rings. The minimum absolute atomic E-state index is 0.130. The SMILES string of the molecule is CCc1nnc(NC(=O)C(C#N)=Cc2ccc(OCc3cc(C(F)(F)F)ccc3F)c(OC)c2)s1. The molecule has 3 aromatic rings. The summed E-state index contributed by atoms with van der Waals surface area (Å²) in [5.74, 6) is -1.22. The number of benzene rings is 2. The lowest BCUT2D eigenvalue weighted by Crippen LogP contribution is -2.13. The molecule has 12 heteroatoms. The van der Waals surface area contributed by atoms with E-state index in [0.29, 0.717) is 24.1 Å². The molecule has 0 saturated carbocycles. The molecule has 3 rings (SSSR count). The van der Waals surface area contributed by atoms with Crippen molar-refractivity contribution in [2.45, 2.75) is 26.1 Å². The number of methoxy groups -OCH3 is 1. The normalized spacial score (nSPS) is 11.6. The monoisotopic (exact) mass is 506 g/mol. The first-order valence-electron chi connectivity index (χ1n) is 10.1. The predicted molar refractivity (Wildman–Crippen MR) is 120 cm³/mol. The number of aromatic nitrogens is 2. The summed E-state index contributed by atoms with van der Waals surface area (Å²) in [6, 6.07) is 8.27. The van der Waals surface area contributed by atoms with Gasteiger partial charge in [0.2, 0.25) is 5.13 Å². The number of nitriles is 1. The number of carbonyl (C=O) groups excluding carboxylic acids is 1. The van der Waals surface area contributed by atoms with Gasteiger partial charge in [0.1, 0.15) is 29.1 Å². The second kappa shape index (κ2) is 11.0. The molecule has 0 unspecified atom stereocenters. The Morgan fingerprint density at radius 2 is 1.97 bits per heavy atom. The number of hydrogen-bond acceptors (Lipinski definition) is 7. The summed E-state index contributed by atoms with van der Waals surface area (Å²) in [6.07, 6.45) is -2.65. The van der Waals surface area contributed by atoms with Crippen LogP contribution in [0.4, 0.5) is 22.7 Å². The highest BCUT2D eigenvalue weighted by molar-refractivity contribution is 7.15. The van der Waals surface area contributed by atoms with Gasteiger partial charge in [0.25, 0.3) is 5.91 Å². The zero-order valence-corrected chi connectivity index (χ0v) is 19.3. The van der Waals surface area contributed by atoms with Gasteiger partial charge < -0.3 is 9.47 Å². The van der Waals surface area contributed by atoms with Crippen LogP contribution in [0.25, 0.3) is 6.08 Å². The summed E-state index contributed by atoms with van der Waals surface area (Å²) in [5, 5.41) is 20.6. The van der Waals surface area contributed by atoms with Crippen LogP contribution in [0, 0.1) is 17.1 Å². The van der Waals surface area contributed by atoms with Crippen LogP contribution in [-0.2, 0) is 24.0 Å². The minimum Gasteiger partial charge on any atom is -0.493 e. The maximum absolute atomic E-state index is 14.0. The molecule has 0 spiro atoms. The summed E-state index contributed by atoms with van der Waals surface area (Å²) < 4.78 is 63.4. The quantitative estimate of drug-likeness (QED) is 0.250. The van der Waals surface area contributed by atoms with E-state index in [-0.39, 0.29) is 27.8 Å². The Balaban J connectivity index is 1.77. The standard InChI is InChI=1S/C23H18F4N4O3S/c1-3-20-30-31-22(35-20)29-21(32)14(11-28)8-13-4-7-18(19(9-13)33-2)34-12-15-10-16(23(25,26)27)5-6-17(15)24/h4-10H,3,12H2,1-2H3,(H,29,31,32). The Bertz CT molecular complexity index is 1300. The van der Waals surface area contributed by atoms with Crippen molar-refractivity contribution in [3.8, 4) is 17.6 Å². The number of nitrogens with zero attached hydrogens (tertiary/aromatic N) is 3. The smallest absolute Gasteiger partial charge is 0.416 e. The first kappa shape index (κ1) is 25.6. The molecular formula is C23H18F4N4O3S. The lowest BCUT2D eigenvalue weighted by atomic mass is 10.1. The van der Waals surface area contributed by atoms with Gasteiger partial charge in [-0.2, -0.15) is 18.4 Å². The van der Waals surface area contributed by atoms with E-state index in [9.17, 15) is 27.6 Å². The number of amides is 1. The van der Waals surface area contributed by atoms with Gasteiger partial charge >= 0.3 is 6.18 Å². The molecule has 0 bridgehead atoms. The van der Waals surface area contributed by atoms with Crippen LogP contribution in [0.3, 0.4) is 0 Å². The summed E-state index contributed by atoms with van der Waals surface area (Å²) in [6.45, 7) is 1.42. The third-order valence-corrected chi connectivity index (χ3v) is 5.59. The maximum Gasteiger partial charge on any atom is 0.416 e. The Kier molecular flexibility index (Phi) is 8.03. The molecule has 1 aromatic heterocycles. The first-order chi connectivity index (χ1) is 16.6. The largest absolute Gasteiger partial charge is 0.493 e. The fourth-order valence-corrected chi connectivity index (χ4v) is 3.51. The molecule has 0 aliphatic heterocycles. The average molecular weight is 506 g/mol. The highest BCUT2D eigenvalue weighted by Crippen LogP contribution is 2.32. The van der Waals surface area contributed by atoms with Gasteiger partial charge in [-0.05, 0) is 48.4 Å². The number of anilines is 1. The van der Waals surface area contributed by atoms with E-state index in [2.05, 4.69) is 15.5 Å². The van der Waals surface area contributed by atoms with E-state index in [4.69, 9.17) is 9.47 Å². The van der Waals surface area contributed by atoms with Crippen molar-refractivity contribution in [3.63, 3.8) is 0 Å². The van der Waals surface area contributed by atoms with Crippen LogP contribution in [0.15, 0.2) is 42.0 Å². The van der Waals surface area contributed by atoms with Crippen molar-refractivity contribution < 1.29 is 31.8 Å². The highest BCUT2D eigenvalue weighted by atomic mass is 32.1. The molecule has 2 aromatic carbocycles. The molecule has 35 heavy (non-hydrogen) atoms. The van der Waals surface area contributed by atoms with Gasteiger partial charge in [0.05, 0.1) is 12.7 Å². The van der Waals surface area contributed by atoms with E-state index in [0.717, 1.165) is 11.1 Å². The summed E-state index contributed by atoms with van der Waals surface area (Å²) in [7, 11) is 1.33. The average Bonchev–Trinajstić information content (AvgIpc) is 3.28. The summed E-state index contributed by atoms with van der Waals surface area (Å²) in [5.41, 5.74) is -1.07. The van der Waals surface area contributed by atoms with E-state index < -0.39 is 30.1 Å². The number of nitrogens with one attached hydrogen (secondary N) is 1. The second-order valence-corrected chi connectivity index (χ2v) is 8.04. The fraction of sp³-hybridized carbons (Fsp3) is 0.217. The van der Waals surface area contributed by atoms with Crippen molar-refractivity contribution in [3.05, 3.63) is 69.5 Å². The van der Waals surface area contributed by atoms with E-state index in [1.807, 2.05) is 13.0 Å². The maximum atomic E-state index is 14.0. The van der Waals surface area contributed by atoms with Crippen LogP contribution in [0.2, 0.25) is 0 Å². The van der Waals surface area contributed by atoms with Crippen molar-refractivity contribution in [2.75, 3.05) is 12.4 Å². The Morgan fingerprint density at radius 1 is 1.20 bits per heavy atom. The summed E-state index contributed by atoms with van der Waals surface area (Å²) >= 11 is 1.19. The lowest BCUT2D eigenvalue weighted by Gasteiger charge is -2.13. The Hall–Kier alpha value is -3.98. The number of rotatable bonds is 8. The van der Waals surface area contributed by atoms with Gasteiger partial charge in [-0.15, -0.1) is 10.2 Å². The highest BCUT2D eigenvalue weighted by Gasteiger charge is 2.31. The Labute approximate surface area is 201 Å². The van der Waals surface area contributed by atoms with E-state index in [1.54, 1.807) is 0 Å². The molecular weight excluding hydrogens is 488 g/mol. The van der Waals surface area contributed by atoms with Gasteiger partial charge in [0, 0.05) is 5.56 Å². The molecule has 0 aliphatic carbocycles. The predicted octanol–water partition coefficient (Wildman–Crippen LogP) is 5.39. The van der Waals surface area contributed by atoms with Crippen LogP contribution < -0.4 is 14.8 Å². The third kappa shape index (κ3) is 6.54. The molecule has 1 N–H and O–H groups in total. The zero-order valence-electron chi connectivity index (χ0n) is 18.4. The fourth-order valence-electron chi connectivity index (χ4n) is 2.84. The second-order valence-electron chi connectivity index (χ2n) is 6.98. The topological polar surface area (TPSA) is 97.1 Å². The van der Waals surface area contributed by atoms with Gasteiger partial charge in [0.15, 0.2) is 11.5 Å². The molecule has 0 atom stereocenters. The number of halogens is 4. The number of aryl methyl sites for hydroxylation is 1. The van der Waals surface area contributed by atoms with Crippen LogP contribution in [0.1, 0.15) is 28.6 Å². The molecule has 1 heterocycles. The van der Waals surface area contributed by atoms with E-state index >= 15 is 0 Å². The lowest BCUT2D eigenvalue weighted by molar-refractivity contribution is -0.137. The molecule has 182 valence electrons. The van der Waals surface area contributed by atoms with Crippen molar-refractivity contribution in [2.24, 2.45) is 0 Å². The first-order valence-corrected chi connectivity index (χ1v) is 10.9. The summed E-state index contributed by atoms with van der Waals surface area (Å²) in [4.78, 5) is 12.4. The molecule has 7 nitrogen and oxygen atoms in total. The van der Waals surface area contributed by atoms with E-state index in [1.165, 1.54) is 42.7 Å². The molecule has 0 saturated heterocycles. The number of hydrogen-bond donors (Lipinski definition) is 1. The molecule has 0 radical (unpaired) electrons. The number of ether oxygens (including phenoxy) is 2.